The number of nitrogens with zero attached hydrogens (tertiary/aromatic N) is 2. The van der Waals surface area contributed by atoms with E-state index in [-0.39, 0.29) is 6.09 Å². The van der Waals surface area contributed by atoms with Crippen molar-refractivity contribution in [1.29, 1.82) is 0 Å². The van der Waals surface area contributed by atoms with E-state index >= 15 is 0 Å². The highest BCUT2D eigenvalue weighted by molar-refractivity contribution is 6.61. The molecule has 3 saturated heterocycles. The van der Waals surface area contributed by atoms with Crippen LogP contribution in [-0.2, 0) is 0 Å². The largest absolute Gasteiger partial charge is 0.415 e. The zero-order chi connectivity index (χ0) is 27.7. The Kier molecular flexibility index (Phi) is 9.11. The molecular weight excluding hydrogens is 524 g/mol. The molecule has 6 nitrogen and oxygen atoms in total. The Balaban J connectivity index is 0.000000176. The second-order valence-corrected chi connectivity index (χ2v) is 10.0. The first-order valence-electron chi connectivity index (χ1n) is 13.5. The molecule has 0 N–H and O–H groups in total. The van der Waals surface area contributed by atoms with Gasteiger partial charge in [-0.15, -0.1) is 0 Å². The molecule has 0 saturated carbocycles. The number of hydrogen-bond acceptors (Lipinski definition) is 5. The number of para-hydroxylation sites is 2. The summed E-state index contributed by atoms with van der Waals surface area (Å²) in [7, 11) is 0. The Bertz CT molecular complexity index is 1420. The van der Waals surface area contributed by atoms with Crippen molar-refractivity contribution in [2.75, 3.05) is 26.2 Å². The van der Waals surface area contributed by atoms with Crippen LogP contribution in [0.1, 0.15) is 12.8 Å². The van der Waals surface area contributed by atoms with E-state index in [1.165, 1.54) is 0 Å². The molecule has 0 aromatic heterocycles. The number of fused-ring (bicyclic) bond motifs is 4. The average Bonchev–Trinajstić information content (AvgIpc) is 3.33. The molecule has 3 aliphatic heterocycles. The van der Waals surface area contributed by atoms with Crippen LogP contribution in [0.5, 0.6) is 11.5 Å². The molecule has 0 spiro atoms. The summed E-state index contributed by atoms with van der Waals surface area (Å²) in [6.45, 7) is 3.90. The fourth-order valence-corrected chi connectivity index (χ4v) is 5.27. The van der Waals surface area contributed by atoms with Crippen molar-refractivity contribution in [3.63, 3.8) is 0 Å². The normalized spacial score (nSPS) is 17.7. The van der Waals surface area contributed by atoms with Gasteiger partial charge in [-0.2, -0.15) is 0 Å². The molecule has 0 atom stereocenters. The van der Waals surface area contributed by atoms with Crippen molar-refractivity contribution in [3.05, 3.63) is 109 Å². The van der Waals surface area contributed by atoms with Gasteiger partial charge in [-0.1, -0.05) is 97.1 Å². The molecule has 0 unspecified atom stereocenters. The second kappa shape index (κ2) is 13.3. The number of piperidine rings is 1. The summed E-state index contributed by atoms with van der Waals surface area (Å²) in [5.41, 5.74) is 3.01. The zero-order valence-electron chi connectivity index (χ0n) is 22.1. The van der Waals surface area contributed by atoms with E-state index in [0.717, 1.165) is 61.3 Å². The van der Waals surface area contributed by atoms with Crippen LogP contribution in [0.15, 0.2) is 109 Å². The molecule has 3 aliphatic rings. The number of ether oxygens (including phenoxy) is 2. The third-order valence-corrected chi connectivity index (χ3v) is 7.30. The fourth-order valence-electron chi connectivity index (χ4n) is 5.19. The van der Waals surface area contributed by atoms with Gasteiger partial charge in [0.25, 0.3) is 0 Å². The topological polar surface area (TPSA) is 59.1 Å². The van der Waals surface area contributed by atoms with E-state index in [2.05, 4.69) is 4.90 Å². The van der Waals surface area contributed by atoms with Crippen molar-refractivity contribution >= 4 is 23.1 Å². The summed E-state index contributed by atoms with van der Waals surface area (Å²) in [6.07, 6.45) is 1.89. The quantitative estimate of drug-likeness (QED) is 0.242. The molecule has 3 heterocycles. The van der Waals surface area contributed by atoms with Gasteiger partial charge in [0, 0.05) is 54.9 Å². The van der Waals surface area contributed by atoms with Gasteiger partial charge in [-0.3, -0.25) is 0 Å². The number of hydrogen-bond donors (Lipinski definition) is 0. The van der Waals surface area contributed by atoms with Crippen LogP contribution in [0, 0.1) is 0 Å². The van der Waals surface area contributed by atoms with Crippen LogP contribution >= 0.6 is 11.6 Å². The first-order chi connectivity index (χ1) is 19.6. The molecule has 7 rings (SSSR count). The molecule has 4 aromatic carbocycles. The summed E-state index contributed by atoms with van der Waals surface area (Å²) in [5, 5.41) is 0. The average molecular weight is 555 g/mol. The molecule has 3 fully saturated rings. The monoisotopic (exact) mass is 554 g/mol. The molecule has 204 valence electrons. The van der Waals surface area contributed by atoms with Crippen LogP contribution in [0.4, 0.5) is 9.59 Å². The molecule has 0 radical (unpaired) electrons. The minimum absolute atomic E-state index is 0.216. The number of amides is 1. The zero-order valence-corrected chi connectivity index (χ0v) is 22.9. The fraction of sp³-hybridized carbons (Fsp3) is 0.212. The van der Waals surface area contributed by atoms with E-state index in [9.17, 15) is 9.59 Å². The Morgan fingerprint density at radius 3 is 1.60 bits per heavy atom. The van der Waals surface area contributed by atoms with E-state index in [0.29, 0.717) is 17.5 Å². The summed E-state index contributed by atoms with van der Waals surface area (Å²) in [6, 6.07) is 35.1. The van der Waals surface area contributed by atoms with Crippen LogP contribution in [0.2, 0.25) is 0 Å². The van der Waals surface area contributed by atoms with E-state index < -0.39 is 5.43 Å². The highest BCUT2D eigenvalue weighted by Gasteiger charge is 2.33. The van der Waals surface area contributed by atoms with Crippen molar-refractivity contribution in [1.82, 2.24) is 9.80 Å². The maximum Gasteiger partial charge on any atom is 0.415 e. The molecule has 7 heteroatoms. The molecule has 0 aliphatic carbocycles. The lowest BCUT2D eigenvalue weighted by Gasteiger charge is -2.30. The SMILES string of the molecule is O=C(Cl)Oc1ccccc1-c1ccccc1.O=C(Oc1ccccc1-c1ccccc1)N1CCN2CCC1CC2. The maximum atomic E-state index is 12.8. The first kappa shape index (κ1) is 27.4. The van der Waals surface area contributed by atoms with Gasteiger partial charge in [0.1, 0.15) is 11.5 Å². The van der Waals surface area contributed by atoms with Gasteiger partial charge in [-0.25, -0.2) is 9.59 Å². The van der Waals surface area contributed by atoms with Gasteiger partial charge >= 0.3 is 11.5 Å². The summed E-state index contributed by atoms with van der Waals surface area (Å²) in [4.78, 5) is 27.9. The van der Waals surface area contributed by atoms with Gasteiger partial charge in [0.2, 0.25) is 0 Å². The number of carbonyl (C=O) groups is 2. The number of benzene rings is 4. The van der Waals surface area contributed by atoms with Crippen LogP contribution in [-0.4, -0.2) is 53.5 Å². The Morgan fingerprint density at radius 1 is 0.600 bits per heavy atom. The maximum absolute atomic E-state index is 12.8. The lowest BCUT2D eigenvalue weighted by molar-refractivity contribution is 0.131. The van der Waals surface area contributed by atoms with Crippen molar-refractivity contribution in [2.45, 2.75) is 18.9 Å². The van der Waals surface area contributed by atoms with E-state index in [1.807, 2.05) is 102 Å². The van der Waals surface area contributed by atoms with Gasteiger partial charge in [0.05, 0.1) is 0 Å². The smallest absolute Gasteiger partial charge is 0.414 e. The van der Waals surface area contributed by atoms with Gasteiger partial charge in [-0.05, 0) is 36.1 Å². The second-order valence-electron chi connectivity index (χ2n) is 9.70. The number of halogens is 1. The van der Waals surface area contributed by atoms with Crippen molar-refractivity contribution in [3.8, 4) is 33.8 Å². The van der Waals surface area contributed by atoms with Crippen LogP contribution < -0.4 is 9.47 Å². The summed E-state index contributed by atoms with van der Waals surface area (Å²) < 4.78 is 10.7. The Labute approximate surface area is 239 Å². The third kappa shape index (κ3) is 6.89. The van der Waals surface area contributed by atoms with E-state index in [1.54, 1.807) is 12.1 Å². The van der Waals surface area contributed by atoms with Crippen molar-refractivity contribution in [2.24, 2.45) is 0 Å². The van der Waals surface area contributed by atoms with E-state index in [4.69, 9.17) is 21.1 Å². The molecular formula is C33H31ClN2O4. The highest BCUT2D eigenvalue weighted by Crippen LogP contribution is 2.31. The molecule has 2 bridgehead atoms. The van der Waals surface area contributed by atoms with Crippen molar-refractivity contribution < 1.29 is 19.1 Å². The molecule has 40 heavy (non-hydrogen) atoms. The van der Waals surface area contributed by atoms with Crippen LogP contribution in [0.25, 0.3) is 22.3 Å². The first-order valence-corrected chi connectivity index (χ1v) is 13.8. The highest BCUT2D eigenvalue weighted by atomic mass is 35.5. The van der Waals surface area contributed by atoms with Gasteiger partial charge in [0.15, 0.2) is 0 Å². The number of carbonyl (C=O) groups excluding carboxylic acids is 2. The minimum atomic E-state index is -0.830. The number of rotatable bonds is 4. The van der Waals surface area contributed by atoms with Gasteiger partial charge < -0.3 is 19.3 Å². The Hall–Kier alpha value is -4.13. The predicted molar refractivity (Wildman–Crippen MR) is 158 cm³/mol. The summed E-state index contributed by atoms with van der Waals surface area (Å²) >= 11 is 5.21. The Morgan fingerprint density at radius 2 is 1.07 bits per heavy atom. The van der Waals surface area contributed by atoms with Crippen LogP contribution in [0.3, 0.4) is 0 Å². The lowest BCUT2D eigenvalue weighted by Crippen LogP contribution is -2.43. The lowest BCUT2D eigenvalue weighted by atomic mass is 10.0. The third-order valence-electron chi connectivity index (χ3n) is 7.22. The molecule has 1 amide bonds. The predicted octanol–water partition coefficient (Wildman–Crippen LogP) is 7.72. The minimum Gasteiger partial charge on any atom is -0.414 e. The summed E-state index contributed by atoms with van der Waals surface area (Å²) in [5.74, 6) is 1.10. The molecule has 4 aromatic rings. The standard InChI is InChI=1S/C20H22N2O2.C13H9ClO2/c23-20(22-15-14-21-12-10-17(22)11-13-21)24-19-9-5-4-8-18(19)16-6-2-1-3-7-16;14-13(15)16-12-9-5-4-8-11(12)10-6-2-1-3-7-10/h1-9,17H,10-15H2;1-9H.